The highest BCUT2D eigenvalue weighted by Gasteiger charge is 2.53. The van der Waals surface area contributed by atoms with Crippen LogP contribution < -0.4 is 5.32 Å². The fourth-order valence-electron chi connectivity index (χ4n) is 6.01. The molecular formula is C31H40N3OP. The summed E-state index contributed by atoms with van der Waals surface area (Å²) in [4.78, 5) is 0. The smallest absolute Gasteiger partial charge is 0.190 e. The van der Waals surface area contributed by atoms with E-state index in [0.29, 0.717) is 24.2 Å². The zero-order valence-electron chi connectivity index (χ0n) is 21.8. The monoisotopic (exact) mass is 501 g/mol. The van der Waals surface area contributed by atoms with Gasteiger partial charge in [-0.2, -0.15) is 0 Å². The third kappa shape index (κ3) is 5.30. The van der Waals surface area contributed by atoms with Gasteiger partial charge in [-0.3, -0.25) is 0 Å². The van der Waals surface area contributed by atoms with Gasteiger partial charge in [-0.25, -0.2) is 9.34 Å². The number of likely N-dealkylation sites (N-methyl/N-ethyl adjacent to an activating group) is 1. The second-order valence-corrected chi connectivity index (χ2v) is 11.8. The lowest BCUT2D eigenvalue weighted by molar-refractivity contribution is 0.166. The van der Waals surface area contributed by atoms with Crippen molar-refractivity contribution in [2.45, 2.75) is 69.8 Å². The summed E-state index contributed by atoms with van der Waals surface area (Å²) < 4.78 is 12.8. The molecule has 5 rings (SSSR count). The predicted molar refractivity (Wildman–Crippen MR) is 151 cm³/mol. The highest BCUT2D eigenvalue weighted by molar-refractivity contribution is 7.47. The second-order valence-electron chi connectivity index (χ2n) is 10.2. The van der Waals surface area contributed by atoms with Gasteiger partial charge < -0.3 is 9.84 Å². The van der Waals surface area contributed by atoms with E-state index in [1.165, 1.54) is 42.4 Å². The van der Waals surface area contributed by atoms with Crippen molar-refractivity contribution in [2.75, 3.05) is 13.6 Å². The molecule has 3 aromatic rings. The van der Waals surface area contributed by atoms with Crippen molar-refractivity contribution in [3.63, 3.8) is 0 Å². The number of nitrogens with one attached hydrogen (secondary N) is 1. The molecule has 3 aromatic carbocycles. The quantitative estimate of drug-likeness (QED) is 0.305. The number of hydrogen-bond acceptors (Lipinski definition) is 4. The van der Waals surface area contributed by atoms with Crippen molar-refractivity contribution >= 4 is 8.45 Å². The molecule has 1 unspecified atom stereocenters. The van der Waals surface area contributed by atoms with E-state index in [1.54, 1.807) is 0 Å². The first-order valence-electron chi connectivity index (χ1n) is 13.5. The van der Waals surface area contributed by atoms with Crippen molar-refractivity contribution in [3.8, 4) is 0 Å². The molecule has 1 saturated heterocycles. The summed E-state index contributed by atoms with van der Waals surface area (Å²) in [5.41, 5.74) is 3.98. The van der Waals surface area contributed by atoms with E-state index in [-0.39, 0.29) is 6.10 Å². The molecule has 4 nitrogen and oxygen atoms in total. The lowest BCUT2D eigenvalue weighted by Gasteiger charge is -2.39. The van der Waals surface area contributed by atoms with E-state index >= 15 is 0 Å². The number of rotatable bonds is 9. The van der Waals surface area contributed by atoms with Gasteiger partial charge in [0.15, 0.2) is 8.45 Å². The van der Waals surface area contributed by atoms with Crippen LogP contribution in [-0.4, -0.2) is 35.0 Å². The summed E-state index contributed by atoms with van der Waals surface area (Å²) in [6, 6.07) is 34.4. The van der Waals surface area contributed by atoms with Crippen molar-refractivity contribution in [2.24, 2.45) is 0 Å². The van der Waals surface area contributed by atoms with E-state index in [0.717, 1.165) is 6.54 Å². The van der Waals surface area contributed by atoms with Crippen LogP contribution in [0.5, 0.6) is 0 Å². The Morgan fingerprint density at radius 2 is 1.14 bits per heavy atom. The fraction of sp³-hybridized carbons (Fsp3) is 0.419. The third-order valence-corrected chi connectivity index (χ3v) is 10.4. The molecule has 2 fully saturated rings. The van der Waals surface area contributed by atoms with E-state index in [4.69, 9.17) is 4.52 Å². The van der Waals surface area contributed by atoms with Crippen LogP contribution in [0.2, 0.25) is 0 Å². The summed E-state index contributed by atoms with van der Waals surface area (Å²) in [5, 5.41) is 3.40. The molecule has 2 aliphatic rings. The van der Waals surface area contributed by atoms with E-state index < -0.39 is 8.45 Å². The lowest BCUT2D eigenvalue weighted by Crippen LogP contribution is -2.41. The van der Waals surface area contributed by atoms with Crippen molar-refractivity contribution in [1.29, 1.82) is 0 Å². The van der Waals surface area contributed by atoms with Crippen molar-refractivity contribution in [3.05, 3.63) is 108 Å². The first-order chi connectivity index (χ1) is 17.7. The number of benzene rings is 3. The maximum atomic E-state index is 7.29. The minimum Gasteiger partial charge on any atom is -0.322 e. The van der Waals surface area contributed by atoms with E-state index in [2.05, 4.69) is 120 Å². The Bertz CT molecular complexity index is 1010. The zero-order chi connectivity index (χ0) is 24.9. The largest absolute Gasteiger partial charge is 0.322 e. The minimum atomic E-state index is -0.996. The molecule has 5 atom stereocenters. The van der Waals surface area contributed by atoms with Crippen LogP contribution in [0.25, 0.3) is 0 Å². The Hall–Kier alpha value is -2.07. The van der Waals surface area contributed by atoms with E-state index in [9.17, 15) is 0 Å². The molecule has 1 N–H and O–H groups in total. The Morgan fingerprint density at radius 1 is 0.722 bits per heavy atom. The van der Waals surface area contributed by atoms with Crippen LogP contribution in [-0.2, 0) is 4.52 Å². The van der Waals surface area contributed by atoms with Crippen LogP contribution in [0.3, 0.4) is 0 Å². The highest BCUT2D eigenvalue weighted by Crippen LogP contribution is 2.65. The first kappa shape index (κ1) is 25.6. The van der Waals surface area contributed by atoms with Gasteiger partial charge in [0.25, 0.3) is 0 Å². The van der Waals surface area contributed by atoms with Gasteiger partial charge in [-0.05, 0) is 50.4 Å². The summed E-state index contributed by atoms with van der Waals surface area (Å²) in [6.07, 6.45) is 5.08. The number of fused-ring (bicyclic) bond motifs is 1. The molecule has 190 valence electrons. The Morgan fingerprint density at radius 3 is 1.56 bits per heavy atom. The molecule has 0 bridgehead atoms. The molecule has 5 heteroatoms. The van der Waals surface area contributed by atoms with Crippen LogP contribution in [0.15, 0.2) is 91.0 Å². The molecule has 0 aromatic heterocycles. The average molecular weight is 502 g/mol. The molecule has 1 saturated carbocycles. The van der Waals surface area contributed by atoms with Gasteiger partial charge in [0.05, 0.1) is 0 Å². The molecule has 0 spiro atoms. The maximum absolute atomic E-state index is 7.29. The molecule has 1 aliphatic heterocycles. The topological polar surface area (TPSA) is 27.7 Å². The van der Waals surface area contributed by atoms with Crippen LogP contribution >= 0.6 is 8.45 Å². The zero-order valence-corrected chi connectivity index (χ0v) is 22.7. The van der Waals surface area contributed by atoms with Gasteiger partial charge in [-0.1, -0.05) is 104 Å². The van der Waals surface area contributed by atoms with Crippen LogP contribution in [0.4, 0.5) is 0 Å². The van der Waals surface area contributed by atoms with Crippen LogP contribution in [0.1, 0.15) is 74.4 Å². The second kappa shape index (κ2) is 12.0. The minimum absolute atomic E-state index is 0.00147. The molecule has 0 amide bonds. The Kier molecular flexibility index (Phi) is 8.51. The lowest BCUT2D eigenvalue weighted by atomic mass is 9.88. The summed E-state index contributed by atoms with van der Waals surface area (Å²) in [6.45, 7) is 5.55. The average Bonchev–Trinajstić information content (AvgIpc) is 3.27. The predicted octanol–water partition coefficient (Wildman–Crippen LogP) is 7.64. The van der Waals surface area contributed by atoms with Crippen LogP contribution in [0, 0.1) is 0 Å². The Labute approximate surface area is 218 Å². The summed E-state index contributed by atoms with van der Waals surface area (Å²) in [5.74, 6) is 0. The molecule has 36 heavy (non-hydrogen) atoms. The molecule has 0 radical (unpaired) electrons. The Balaban J connectivity index is 1.57. The molecule has 1 heterocycles. The molecular weight excluding hydrogens is 461 g/mol. The SMILES string of the molecule is CNCC(OP1N([C@@H](C)c2ccccc2)[C@H]2CCCC[C@@H]2N1[C@@H](C)c1ccccc1)c1ccccc1. The standard InChI is InChI=1S/C31H40N3OP/c1-24(26-15-7-4-8-16-26)33-29-21-13-14-22-30(29)34(25(2)27-17-9-5-10-18-27)36(33)35-31(23-32-3)28-19-11-6-12-20-28/h4-12,15-20,24-25,29-32H,13-14,21-23H2,1-3H3/t24-,25-,29-,30-,31?/m0/s1. The normalized spacial score (nSPS) is 23.8. The summed E-state index contributed by atoms with van der Waals surface area (Å²) >= 11 is 0. The third-order valence-electron chi connectivity index (χ3n) is 7.91. The number of hydrogen-bond donors (Lipinski definition) is 1. The van der Waals surface area contributed by atoms with Crippen molar-refractivity contribution < 1.29 is 4.52 Å². The molecule has 1 aliphatic carbocycles. The van der Waals surface area contributed by atoms with Crippen molar-refractivity contribution in [1.82, 2.24) is 14.7 Å². The van der Waals surface area contributed by atoms with Gasteiger partial charge in [0, 0.05) is 30.7 Å². The fourth-order valence-corrected chi connectivity index (χ4v) is 8.80. The highest BCUT2D eigenvalue weighted by atomic mass is 31.2. The van der Waals surface area contributed by atoms with Gasteiger partial charge >= 0.3 is 0 Å². The van der Waals surface area contributed by atoms with Gasteiger partial charge in [-0.15, -0.1) is 0 Å². The first-order valence-corrected chi connectivity index (χ1v) is 14.7. The van der Waals surface area contributed by atoms with Gasteiger partial charge in [0.1, 0.15) is 6.10 Å². The van der Waals surface area contributed by atoms with Gasteiger partial charge in [0.2, 0.25) is 0 Å². The number of nitrogens with zero attached hydrogens (tertiary/aromatic N) is 2. The maximum Gasteiger partial charge on any atom is 0.190 e. The van der Waals surface area contributed by atoms with E-state index in [1.807, 2.05) is 7.05 Å². The summed E-state index contributed by atoms with van der Waals surface area (Å²) in [7, 11) is 1.03.